The Bertz CT molecular complexity index is 356. The molecule has 0 spiro atoms. The number of amides is 1. The fourth-order valence-electron chi connectivity index (χ4n) is 3.31. The molecule has 0 unspecified atom stereocenters. The number of rotatable bonds is 5. The van der Waals surface area contributed by atoms with Gasteiger partial charge in [0.15, 0.2) is 0 Å². The summed E-state index contributed by atoms with van der Waals surface area (Å²) in [6.45, 7) is 2.05. The molecular formula is C12H20ClF3N2OS. The van der Waals surface area contributed by atoms with E-state index in [-0.39, 0.29) is 48.4 Å². The zero-order valence-corrected chi connectivity index (χ0v) is 12.9. The van der Waals surface area contributed by atoms with Crippen molar-refractivity contribution in [1.29, 1.82) is 0 Å². The van der Waals surface area contributed by atoms with Gasteiger partial charge in [-0.2, -0.15) is 13.2 Å². The van der Waals surface area contributed by atoms with Gasteiger partial charge in [0, 0.05) is 24.4 Å². The third-order valence-corrected chi connectivity index (χ3v) is 4.99. The lowest BCUT2D eigenvalue weighted by atomic mass is 9.71. The molecule has 2 fully saturated rings. The van der Waals surface area contributed by atoms with E-state index in [1.165, 1.54) is 0 Å². The molecule has 2 saturated heterocycles. The van der Waals surface area contributed by atoms with Crippen LogP contribution in [0.15, 0.2) is 0 Å². The van der Waals surface area contributed by atoms with Crippen LogP contribution in [0.4, 0.5) is 13.2 Å². The molecule has 118 valence electrons. The van der Waals surface area contributed by atoms with Crippen LogP contribution in [0.1, 0.15) is 32.6 Å². The average molecular weight is 333 g/mol. The van der Waals surface area contributed by atoms with Crippen LogP contribution in [0.5, 0.6) is 0 Å². The quantitative estimate of drug-likeness (QED) is 0.761. The molecule has 0 saturated carbocycles. The molecule has 3 atom stereocenters. The summed E-state index contributed by atoms with van der Waals surface area (Å²) in [5.74, 6) is -0.214. The Labute approximate surface area is 127 Å². The van der Waals surface area contributed by atoms with Gasteiger partial charge >= 0.3 is 5.51 Å². The van der Waals surface area contributed by atoms with E-state index in [0.717, 1.165) is 25.7 Å². The highest BCUT2D eigenvalue weighted by Crippen LogP contribution is 2.45. The average Bonchev–Trinajstić information content (AvgIpc) is 2.93. The molecule has 0 aromatic carbocycles. The fraction of sp³-hybridized carbons (Fsp3) is 0.917. The second kappa shape index (κ2) is 6.75. The zero-order chi connectivity index (χ0) is 14.1. The molecule has 1 amide bonds. The summed E-state index contributed by atoms with van der Waals surface area (Å²) in [6.07, 6.45) is 3.64. The van der Waals surface area contributed by atoms with E-state index in [9.17, 15) is 18.0 Å². The van der Waals surface area contributed by atoms with Gasteiger partial charge in [0.25, 0.3) is 0 Å². The van der Waals surface area contributed by atoms with Crippen LogP contribution < -0.4 is 10.6 Å². The van der Waals surface area contributed by atoms with Crippen LogP contribution in [0.3, 0.4) is 0 Å². The number of hydrogen-bond donors (Lipinski definition) is 2. The van der Waals surface area contributed by atoms with Crippen LogP contribution in [-0.2, 0) is 4.79 Å². The first-order chi connectivity index (χ1) is 8.87. The second-order valence-corrected chi connectivity index (χ2v) is 6.42. The number of hydrogen-bond acceptors (Lipinski definition) is 3. The molecule has 8 heteroatoms. The summed E-state index contributed by atoms with van der Waals surface area (Å²) >= 11 is -0.0904. The number of carbonyl (C=O) groups excluding carboxylic acids is 1. The molecule has 2 aliphatic rings. The van der Waals surface area contributed by atoms with E-state index in [0.29, 0.717) is 6.04 Å². The number of carbonyl (C=O) groups is 1. The molecule has 2 N–H and O–H groups in total. The predicted octanol–water partition coefficient (Wildman–Crippen LogP) is 2.70. The van der Waals surface area contributed by atoms with E-state index >= 15 is 0 Å². The minimum absolute atomic E-state index is 0. The van der Waals surface area contributed by atoms with Gasteiger partial charge in [0.05, 0.1) is 5.41 Å². The Morgan fingerprint density at radius 2 is 2.15 bits per heavy atom. The van der Waals surface area contributed by atoms with Gasteiger partial charge in [-0.25, -0.2) is 0 Å². The Morgan fingerprint density at radius 1 is 1.45 bits per heavy atom. The van der Waals surface area contributed by atoms with Gasteiger partial charge in [-0.15, -0.1) is 12.4 Å². The first kappa shape index (κ1) is 17.9. The number of halogens is 4. The zero-order valence-electron chi connectivity index (χ0n) is 11.3. The van der Waals surface area contributed by atoms with Crippen molar-refractivity contribution in [2.24, 2.45) is 5.41 Å². The molecule has 2 aliphatic heterocycles. The van der Waals surface area contributed by atoms with Crippen molar-refractivity contribution in [2.75, 3.05) is 12.3 Å². The largest absolute Gasteiger partial charge is 0.441 e. The molecule has 0 aromatic rings. The Kier molecular flexibility index (Phi) is 6.04. The van der Waals surface area contributed by atoms with E-state index in [1.807, 2.05) is 6.92 Å². The maximum absolute atomic E-state index is 12.3. The molecule has 2 bridgehead atoms. The van der Waals surface area contributed by atoms with Crippen LogP contribution >= 0.6 is 24.2 Å². The maximum Gasteiger partial charge on any atom is 0.441 e. The van der Waals surface area contributed by atoms with Crippen molar-refractivity contribution in [2.45, 2.75) is 50.2 Å². The maximum atomic E-state index is 12.3. The molecule has 2 heterocycles. The topological polar surface area (TPSA) is 41.1 Å². The predicted molar refractivity (Wildman–Crippen MR) is 76.1 cm³/mol. The van der Waals surface area contributed by atoms with Gasteiger partial charge in [-0.05, 0) is 37.4 Å². The summed E-state index contributed by atoms with van der Waals surface area (Å²) in [6, 6.07) is 0.595. The van der Waals surface area contributed by atoms with Gasteiger partial charge < -0.3 is 10.6 Å². The molecule has 2 rings (SSSR count). The number of nitrogens with one attached hydrogen (secondary N) is 2. The number of alkyl halides is 3. The summed E-state index contributed by atoms with van der Waals surface area (Å²) in [4.78, 5) is 12.3. The van der Waals surface area contributed by atoms with Crippen molar-refractivity contribution in [3.63, 3.8) is 0 Å². The smallest absolute Gasteiger partial charge is 0.355 e. The molecular weight excluding hydrogens is 313 g/mol. The highest BCUT2D eigenvalue weighted by atomic mass is 35.5. The van der Waals surface area contributed by atoms with Crippen molar-refractivity contribution in [1.82, 2.24) is 10.6 Å². The Morgan fingerprint density at radius 3 is 2.60 bits per heavy atom. The van der Waals surface area contributed by atoms with E-state index < -0.39 is 10.9 Å². The van der Waals surface area contributed by atoms with Crippen molar-refractivity contribution >= 4 is 30.1 Å². The van der Waals surface area contributed by atoms with Crippen molar-refractivity contribution in [3.05, 3.63) is 0 Å². The second-order valence-electron chi connectivity index (χ2n) is 5.26. The third-order valence-electron chi connectivity index (χ3n) is 4.25. The lowest BCUT2D eigenvalue weighted by Crippen LogP contribution is -2.48. The first-order valence-corrected chi connectivity index (χ1v) is 7.61. The highest BCUT2D eigenvalue weighted by molar-refractivity contribution is 8.00. The lowest BCUT2D eigenvalue weighted by molar-refractivity contribution is -0.132. The summed E-state index contributed by atoms with van der Waals surface area (Å²) in [5, 5.41) is 6.09. The van der Waals surface area contributed by atoms with E-state index in [4.69, 9.17) is 0 Å². The van der Waals surface area contributed by atoms with Crippen molar-refractivity contribution < 1.29 is 18.0 Å². The standard InChI is InChI=1S/C12H19F3N2OS.ClH/c1-2-11(7-8-3-4-9(11)17-8)10(18)16-5-6-19-12(13,14)15;/h8-9,17H,2-7H2,1H3,(H,16,18);1H/t8-,9+,11+;/m0./s1. The van der Waals surface area contributed by atoms with Crippen LogP contribution in [0.2, 0.25) is 0 Å². The normalized spacial score (nSPS) is 32.0. The molecule has 0 aliphatic carbocycles. The lowest BCUT2D eigenvalue weighted by Gasteiger charge is -2.34. The first-order valence-electron chi connectivity index (χ1n) is 6.62. The van der Waals surface area contributed by atoms with Crippen LogP contribution in [0, 0.1) is 5.41 Å². The van der Waals surface area contributed by atoms with Gasteiger partial charge in [-0.1, -0.05) is 6.92 Å². The number of thioether (sulfide) groups is 1. The van der Waals surface area contributed by atoms with Crippen LogP contribution in [0.25, 0.3) is 0 Å². The SMILES string of the molecule is CC[C@@]1(C(=O)NCCSC(F)(F)F)C[C@@H]2CC[C@H]1N2.Cl. The molecule has 0 radical (unpaired) electrons. The molecule has 3 nitrogen and oxygen atoms in total. The van der Waals surface area contributed by atoms with E-state index in [1.54, 1.807) is 0 Å². The number of fused-ring (bicyclic) bond motifs is 2. The van der Waals surface area contributed by atoms with Crippen molar-refractivity contribution in [3.8, 4) is 0 Å². The Hall–Kier alpha value is -0.140. The molecule has 20 heavy (non-hydrogen) atoms. The fourth-order valence-corrected chi connectivity index (χ4v) is 3.74. The monoisotopic (exact) mass is 332 g/mol. The summed E-state index contributed by atoms with van der Waals surface area (Å²) < 4.78 is 36.0. The molecule has 0 aromatic heterocycles. The highest BCUT2D eigenvalue weighted by Gasteiger charge is 2.54. The van der Waals surface area contributed by atoms with Gasteiger partial charge in [0.1, 0.15) is 0 Å². The summed E-state index contributed by atoms with van der Waals surface area (Å²) in [7, 11) is 0. The van der Waals surface area contributed by atoms with Crippen LogP contribution in [-0.4, -0.2) is 35.8 Å². The Balaban J connectivity index is 0.00000200. The summed E-state index contributed by atoms with van der Waals surface area (Å²) in [5.41, 5.74) is -4.63. The third kappa shape index (κ3) is 3.74. The minimum atomic E-state index is -4.22. The van der Waals surface area contributed by atoms with E-state index in [2.05, 4.69) is 10.6 Å². The minimum Gasteiger partial charge on any atom is -0.355 e. The van der Waals surface area contributed by atoms with Gasteiger partial charge in [0.2, 0.25) is 5.91 Å². The van der Waals surface area contributed by atoms with Gasteiger partial charge in [-0.3, -0.25) is 4.79 Å².